The fraction of sp³-hybridized carbons (Fsp3) is 0.583. The molecule has 2 atom stereocenters. The lowest BCUT2D eigenvalue weighted by Gasteiger charge is -2.17. The minimum Gasteiger partial charge on any atom is -0.467 e. The molecule has 0 spiro atoms. The number of Topliss-reactive ketones (excluding diaryl/α,β-unsaturated/α-hetero) is 1. The second-order valence-electron chi connectivity index (χ2n) is 4.13. The number of ketones is 1. The largest absolute Gasteiger partial charge is 0.467 e. The topological polar surface area (TPSA) is 50.4 Å². The van der Waals surface area contributed by atoms with Crippen LogP contribution in [-0.4, -0.2) is 10.9 Å². The maximum atomic E-state index is 11.7. The van der Waals surface area contributed by atoms with E-state index >= 15 is 0 Å². The van der Waals surface area contributed by atoms with Gasteiger partial charge in [0.05, 0.1) is 12.2 Å². The minimum absolute atomic E-state index is 0.177. The molecule has 3 heteroatoms. The predicted octanol–water partition coefficient (Wildman–Crippen LogP) is 2.46. The predicted molar refractivity (Wildman–Crippen MR) is 55.2 cm³/mol. The number of carbonyl (C=O) groups is 1. The van der Waals surface area contributed by atoms with E-state index in [9.17, 15) is 9.90 Å². The van der Waals surface area contributed by atoms with Gasteiger partial charge in [-0.3, -0.25) is 4.79 Å². The first-order chi connectivity index (χ1) is 7.29. The Kier molecular flexibility index (Phi) is 3.21. The first-order valence-electron chi connectivity index (χ1n) is 5.53. The summed E-state index contributed by atoms with van der Waals surface area (Å²) in [6.45, 7) is 0. The lowest BCUT2D eigenvalue weighted by Crippen LogP contribution is -2.20. The normalized spacial score (nSPS) is 24.9. The van der Waals surface area contributed by atoms with Crippen molar-refractivity contribution in [2.45, 2.75) is 38.2 Å². The summed E-state index contributed by atoms with van der Waals surface area (Å²) in [6, 6.07) is 3.46. The van der Waals surface area contributed by atoms with Crippen LogP contribution in [0.1, 0.15) is 44.0 Å². The molecule has 0 aromatic carbocycles. The highest BCUT2D eigenvalue weighted by molar-refractivity contribution is 5.81. The Morgan fingerprint density at radius 3 is 3.00 bits per heavy atom. The summed E-state index contributed by atoms with van der Waals surface area (Å²) in [5.74, 6) is 0.422. The first-order valence-corrected chi connectivity index (χ1v) is 5.53. The monoisotopic (exact) mass is 208 g/mol. The fourth-order valence-corrected chi connectivity index (χ4v) is 2.18. The van der Waals surface area contributed by atoms with Crippen molar-refractivity contribution in [3.63, 3.8) is 0 Å². The van der Waals surface area contributed by atoms with Crippen molar-refractivity contribution in [2.75, 3.05) is 0 Å². The van der Waals surface area contributed by atoms with Gasteiger partial charge in [-0.2, -0.15) is 0 Å². The van der Waals surface area contributed by atoms with Gasteiger partial charge in [0.2, 0.25) is 0 Å². The van der Waals surface area contributed by atoms with Crippen molar-refractivity contribution in [3.05, 3.63) is 24.2 Å². The lowest BCUT2D eigenvalue weighted by molar-refractivity contribution is -0.126. The molecule has 1 saturated carbocycles. The van der Waals surface area contributed by atoms with Crippen LogP contribution in [-0.2, 0) is 4.79 Å². The van der Waals surface area contributed by atoms with Gasteiger partial charge in [-0.05, 0) is 25.0 Å². The average Bonchev–Trinajstić information content (AvgIpc) is 2.68. The molecule has 1 N–H and O–H groups in total. The highest BCUT2D eigenvalue weighted by Gasteiger charge is 2.30. The van der Waals surface area contributed by atoms with E-state index in [1.807, 2.05) is 0 Å². The van der Waals surface area contributed by atoms with Gasteiger partial charge in [0.1, 0.15) is 17.6 Å². The van der Waals surface area contributed by atoms with E-state index in [2.05, 4.69) is 0 Å². The highest BCUT2D eigenvalue weighted by atomic mass is 16.4. The van der Waals surface area contributed by atoms with Crippen LogP contribution < -0.4 is 0 Å². The number of furan rings is 1. The third kappa shape index (κ3) is 2.29. The number of carbonyl (C=O) groups excluding carboxylic acids is 1. The summed E-state index contributed by atoms with van der Waals surface area (Å²) in [7, 11) is 0. The molecular weight excluding hydrogens is 192 g/mol. The summed E-state index contributed by atoms with van der Waals surface area (Å²) in [5.41, 5.74) is 0. The van der Waals surface area contributed by atoms with Crippen LogP contribution in [0.4, 0.5) is 0 Å². The van der Waals surface area contributed by atoms with E-state index in [0.717, 1.165) is 25.7 Å². The molecule has 2 rings (SSSR count). The van der Waals surface area contributed by atoms with Crippen molar-refractivity contribution in [1.82, 2.24) is 0 Å². The zero-order valence-corrected chi connectivity index (χ0v) is 8.69. The smallest absolute Gasteiger partial charge is 0.139 e. The van der Waals surface area contributed by atoms with Crippen molar-refractivity contribution < 1.29 is 14.3 Å². The Balaban J connectivity index is 2.10. The van der Waals surface area contributed by atoms with Crippen LogP contribution >= 0.6 is 0 Å². The Hall–Kier alpha value is -1.09. The van der Waals surface area contributed by atoms with Gasteiger partial charge < -0.3 is 9.52 Å². The second kappa shape index (κ2) is 4.62. The van der Waals surface area contributed by atoms with E-state index in [1.165, 1.54) is 6.26 Å². The van der Waals surface area contributed by atoms with Crippen molar-refractivity contribution in [2.24, 2.45) is 5.92 Å². The summed E-state index contributed by atoms with van der Waals surface area (Å²) < 4.78 is 5.14. The van der Waals surface area contributed by atoms with E-state index in [-0.39, 0.29) is 11.7 Å². The molecule has 1 aliphatic carbocycles. The van der Waals surface area contributed by atoms with Gasteiger partial charge in [-0.15, -0.1) is 0 Å². The molecule has 1 aromatic heterocycles. The SMILES string of the molecule is O=C1CCCCC[C@@H]1[C@H](O)c1ccco1. The molecule has 82 valence electrons. The fourth-order valence-electron chi connectivity index (χ4n) is 2.18. The summed E-state index contributed by atoms with van der Waals surface area (Å²) >= 11 is 0. The van der Waals surface area contributed by atoms with Gasteiger partial charge in [0.15, 0.2) is 0 Å². The van der Waals surface area contributed by atoms with Crippen LogP contribution in [0.2, 0.25) is 0 Å². The van der Waals surface area contributed by atoms with Gasteiger partial charge >= 0.3 is 0 Å². The standard InChI is InChI=1S/C12H16O3/c13-10-6-3-1-2-5-9(10)12(14)11-7-4-8-15-11/h4,7-9,12,14H,1-3,5-6H2/t9-,12-/m0/s1. The molecule has 0 amide bonds. The van der Waals surface area contributed by atoms with Crippen molar-refractivity contribution in [3.8, 4) is 0 Å². The molecule has 0 unspecified atom stereocenters. The first kappa shape index (κ1) is 10.4. The molecule has 0 aliphatic heterocycles. The molecule has 1 heterocycles. The number of hydrogen-bond acceptors (Lipinski definition) is 3. The molecule has 0 bridgehead atoms. The van der Waals surface area contributed by atoms with E-state index in [0.29, 0.717) is 12.2 Å². The zero-order valence-electron chi connectivity index (χ0n) is 8.69. The van der Waals surface area contributed by atoms with E-state index < -0.39 is 6.10 Å². The van der Waals surface area contributed by atoms with Crippen LogP contribution in [0.5, 0.6) is 0 Å². The summed E-state index contributed by atoms with van der Waals surface area (Å²) in [6.07, 6.45) is 5.22. The molecule has 1 aromatic rings. The maximum absolute atomic E-state index is 11.7. The summed E-state index contributed by atoms with van der Waals surface area (Å²) in [5, 5.41) is 10.0. The Labute approximate surface area is 89.1 Å². The van der Waals surface area contributed by atoms with E-state index in [4.69, 9.17) is 4.42 Å². The number of aliphatic hydroxyl groups excluding tert-OH is 1. The third-order valence-electron chi connectivity index (χ3n) is 3.07. The molecule has 15 heavy (non-hydrogen) atoms. The Morgan fingerprint density at radius 1 is 1.40 bits per heavy atom. The molecule has 0 radical (unpaired) electrons. The molecular formula is C12H16O3. The number of aliphatic hydroxyl groups is 1. The van der Waals surface area contributed by atoms with E-state index in [1.54, 1.807) is 12.1 Å². The van der Waals surface area contributed by atoms with Crippen LogP contribution in [0, 0.1) is 5.92 Å². The van der Waals surface area contributed by atoms with Crippen LogP contribution in [0.25, 0.3) is 0 Å². The lowest BCUT2D eigenvalue weighted by atomic mass is 9.91. The number of hydrogen-bond donors (Lipinski definition) is 1. The van der Waals surface area contributed by atoms with Crippen molar-refractivity contribution in [1.29, 1.82) is 0 Å². The van der Waals surface area contributed by atoms with Crippen LogP contribution in [0.15, 0.2) is 22.8 Å². The quantitative estimate of drug-likeness (QED) is 0.759. The van der Waals surface area contributed by atoms with Gasteiger partial charge in [0, 0.05) is 6.42 Å². The highest BCUT2D eigenvalue weighted by Crippen LogP contribution is 2.31. The minimum atomic E-state index is -0.759. The Bertz CT molecular complexity index is 316. The third-order valence-corrected chi connectivity index (χ3v) is 3.07. The van der Waals surface area contributed by atoms with Crippen LogP contribution in [0.3, 0.4) is 0 Å². The zero-order chi connectivity index (χ0) is 10.7. The number of rotatable bonds is 2. The molecule has 1 fully saturated rings. The van der Waals surface area contributed by atoms with Gasteiger partial charge in [0.25, 0.3) is 0 Å². The molecule has 1 aliphatic rings. The second-order valence-corrected chi connectivity index (χ2v) is 4.13. The van der Waals surface area contributed by atoms with Crippen molar-refractivity contribution >= 4 is 5.78 Å². The maximum Gasteiger partial charge on any atom is 0.139 e. The molecule has 0 saturated heterocycles. The van der Waals surface area contributed by atoms with Gasteiger partial charge in [-0.1, -0.05) is 12.8 Å². The molecule has 3 nitrogen and oxygen atoms in total. The Morgan fingerprint density at radius 2 is 2.27 bits per heavy atom. The average molecular weight is 208 g/mol. The summed E-state index contributed by atoms with van der Waals surface area (Å²) in [4.78, 5) is 11.7. The van der Waals surface area contributed by atoms with Gasteiger partial charge in [-0.25, -0.2) is 0 Å².